The van der Waals surface area contributed by atoms with E-state index in [4.69, 9.17) is 27.8 Å². The molecule has 0 spiro atoms. The molecule has 0 N–H and O–H groups in total. The zero-order valence-corrected chi connectivity index (χ0v) is 19.6. The van der Waals surface area contributed by atoms with E-state index in [1.54, 1.807) is 20.8 Å². The van der Waals surface area contributed by atoms with Gasteiger partial charge < -0.3 is 27.8 Å². The van der Waals surface area contributed by atoms with Crippen LogP contribution in [0.2, 0.25) is 0 Å². The molecule has 0 saturated carbocycles. The number of carbonyl (C=O) groups is 3. The van der Waals surface area contributed by atoms with Crippen LogP contribution in [0.25, 0.3) is 0 Å². The zero-order valence-electron chi connectivity index (χ0n) is 16.2. The second kappa shape index (κ2) is 20.1. The Morgan fingerprint density at radius 2 is 0.893 bits per heavy atom. The van der Waals surface area contributed by atoms with Crippen LogP contribution in [-0.2, 0) is 27.8 Å². The van der Waals surface area contributed by atoms with Crippen molar-refractivity contribution in [3.63, 3.8) is 0 Å². The zero-order chi connectivity index (χ0) is 21.0. The van der Waals surface area contributed by atoms with Crippen LogP contribution in [0.5, 0.6) is 0 Å². The van der Waals surface area contributed by atoms with Crippen LogP contribution in [0.1, 0.15) is 20.8 Å². The molecule has 0 amide bonds. The summed E-state index contributed by atoms with van der Waals surface area (Å²) in [7, 11) is -1.67. The van der Waals surface area contributed by atoms with Crippen LogP contribution >= 0.6 is 43.9 Å². The molecule has 0 unspecified atom stereocenters. The first-order chi connectivity index (χ1) is 13.5. The van der Waals surface area contributed by atoms with Crippen molar-refractivity contribution in [3.8, 4) is 0 Å². The molecule has 0 aromatic rings. The maximum Gasteiger partial charge on any atom is 0.367 e. The molecule has 0 fully saturated rings. The Labute approximate surface area is 179 Å². The van der Waals surface area contributed by atoms with E-state index in [9.17, 15) is 14.4 Å². The van der Waals surface area contributed by atoms with Crippen molar-refractivity contribution < 1.29 is 42.2 Å². The summed E-state index contributed by atoms with van der Waals surface area (Å²) in [5, 5.41) is -1.10. The molecule has 164 valence electrons. The third kappa shape index (κ3) is 17.8. The fraction of sp³-hybridized carbons (Fsp3) is 0.800. The largest absolute Gasteiger partial charge is 0.458 e. The Morgan fingerprint density at radius 1 is 0.607 bits per heavy atom. The lowest BCUT2D eigenvalue weighted by Crippen LogP contribution is -2.07. The monoisotopic (exact) mass is 478 g/mol. The van der Waals surface area contributed by atoms with Crippen LogP contribution < -0.4 is 0 Å². The Kier molecular flexibility index (Phi) is 19.9. The van der Waals surface area contributed by atoms with E-state index in [0.29, 0.717) is 37.1 Å². The van der Waals surface area contributed by atoms with E-state index >= 15 is 0 Å². The molecule has 0 aliphatic heterocycles. The molecule has 0 rings (SSSR count). The summed E-state index contributed by atoms with van der Waals surface area (Å²) in [5.41, 5.74) is 0. The number of hydrogen-bond donors (Lipinski definition) is 0. The minimum absolute atomic E-state index is 0.227. The van der Waals surface area contributed by atoms with Gasteiger partial charge in [-0.2, -0.15) is 0 Å². The van der Waals surface area contributed by atoms with Crippen molar-refractivity contribution in [2.75, 3.05) is 56.9 Å². The van der Waals surface area contributed by atoms with Crippen molar-refractivity contribution in [2.45, 2.75) is 20.8 Å². The van der Waals surface area contributed by atoms with Crippen molar-refractivity contribution >= 4 is 59.8 Å². The second-order valence-corrected chi connectivity index (χ2v) is 8.63. The van der Waals surface area contributed by atoms with Gasteiger partial charge in [0.05, 0.1) is 39.6 Å². The average Bonchev–Trinajstić information content (AvgIpc) is 2.65. The van der Waals surface area contributed by atoms with Crippen molar-refractivity contribution in [3.05, 3.63) is 0 Å². The predicted octanol–water partition coefficient (Wildman–Crippen LogP) is 4.93. The van der Waals surface area contributed by atoms with Crippen LogP contribution in [0, 0.1) is 0 Å². The molecule has 0 aromatic carbocycles. The normalized spacial score (nSPS) is 10.7. The van der Waals surface area contributed by atoms with Crippen molar-refractivity contribution in [1.82, 2.24) is 0 Å². The highest BCUT2D eigenvalue weighted by atomic mass is 32.2. The van der Waals surface area contributed by atoms with E-state index < -0.39 is 8.60 Å². The highest BCUT2D eigenvalue weighted by Gasteiger charge is 2.15. The Morgan fingerprint density at radius 3 is 1.14 bits per heavy atom. The lowest BCUT2D eigenvalue weighted by molar-refractivity contribution is 0.174. The SMILES string of the molecule is CCOC(=O)SCCOP(OCCSC(=O)OCC)OCCSC(=O)OCC. The van der Waals surface area contributed by atoms with E-state index in [2.05, 4.69) is 0 Å². The number of thioether (sulfide) groups is 3. The van der Waals surface area contributed by atoms with E-state index in [1.807, 2.05) is 0 Å². The average molecular weight is 479 g/mol. The van der Waals surface area contributed by atoms with Gasteiger partial charge in [0.1, 0.15) is 0 Å². The minimum atomic E-state index is -1.67. The number of ether oxygens (including phenoxy) is 3. The molecule has 0 radical (unpaired) electrons. The minimum Gasteiger partial charge on any atom is -0.458 e. The number of rotatable bonds is 15. The van der Waals surface area contributed by atoms with Crippen LogP contribution in [0.3, 0.4) is 0 Å². The van der Waals surface area contributed by atoms with Gasteiger partial charge >= 0.3 is 24.5 Å². The first kappa shape index (κ1) is 27.8. The van der Waals surface area contributed by atoms with Gasteiger partial charge in [-0.1, -0.05) is 0 Å². The molecule has 0 bridgehead atoms. The molecule has 13 heteroatoms. The van der Waals surface area contributed by atoms with Gasteiger partial charge in [-0.25, -0.2) is 14.4 Å². The summed E-state index contributed by atoms with van der Waals surface area (Å²) in [6, 6.07) is 0. The van der Waals surface area contributed by atoms with Gasteiger partial charge in [0, 0.05) is 17.3 Å². The summed E-state index contributed by atoms with van der Waals surface area (Å²) in [4.78, 5) is 33.8. The summed E-state index contributed by atoms with van der Waals surface area (Å²) >= 11 is 3.00. The van der Waals surface area contributed by atoms with Crippen molar-refractivity contribution in [1.29, 1.82) is 0 Å². The number of carbonyl (C=O) groups excluding carboxylic acids is 3. The molecule has 0 atom stereocenters. The third-order valence-corrected chi connectivity index (χ3v) is 5.64. The molecule has 28 heavy (non-hydrogen) atoms. The summed E-state index contributed by atoms with van der Waals surface area (Å²) in [5.74, 6) is 1.17. The van der Waals surface area contributed by atoms with Crippen LogP contribution in [0.4, 0.5) is 14.4 Å². The molecule has 9 nitrogen and oxygen atoms in total. The molecule has 0 aliphatic rings. The van der Waals surface area contributed by atoms with Gasteiger partial charge in [0.2, 0.25) is 0 Å². The maximum atomic E-state index is 11.3. The highest BCUT2D eigenvalue weighted by molar-refractivity contribution is 8.13. The van der Waals surface area contributed by atoms with Crippen molar-refractivity contribution in [2.24, 2.45) is 0 Å². The maximum absolute atomic E-state index is 11.3. The second-order valence-electron chi connectivity index (χ2n) is 4.32. The molecule has 0 heterocycles. The van der Waals surface area contributed by atoms with Gasteiger partial charge in [-0.05, 0) is 56.1 Å². The van der Waals surface area contributed by atoms with E-state index in [1.165, 1.54) is 0 Å². The first-order valence-electron chi connectivity index (χ1n) is 8.60. The number of hydrogen-bond acceptors (Lipinski definition) is 12. The van der Waals surface area contributed by atoms with Gasteiger partial charge in [0.15, 0.2) is 0 Å². The molecule has 0 aliphatic carbocycles. The van der Waals surface area contributed by atoms with Gasteiger partial charge in [-0.3, -0.25) is 0 Å². The molecule has 0 saturated heterocycles. The smallest absolute Gasteiger partial charge is 0.367 e. The predicted molar refractivity (Wildman–Crippen MR) is 113 cm³/mol. The topological polar surface area (TPSA) is 107 Å². The molecular weight excluding hydrogens is 451 g/mol. The third-order valence-electron chi connectivity index (χ3n) is 2.29. The van der Waals surface area contributed by atoms with Gasteiger partial charge in [0.25, 0.3) is 0 Å². The Hall–Kier alpha value is -0.230. The van der Waals surface area contributed by atoms with Crippen LogP contribution in [0.15, 0.2) is 0 Å². The fourth-order valence-electron chi connectivity index (χ4n) is 1.30. The summed E-state index contributed by atoms with van der Waals surface area (Å²) in [6.45, 7) is 6.85. The van der Waals surface area contributed by atoms with E-state index in [-0.39, 0.29) is 35.7 Å². The molecule has 0 aromatic heterocycles. The molecular formula is C15H27O9PS3. The first-order valence-corrected chi connectivity index (χ1v) is 12.7. The summed E-state index contributed by atoms with van der Waals surface area (Å²) in [6.07, 6.45) is 0. The van der Waals surface area contributed by atoms with Crippen LogP contribution in [-0.4, -0.2) is 72.8 Å². The Balaban J connectivity index is 4.12. The standard InChI is InChI=1S/C15H27O9PS3/c1-4-19-13(16)26-10-7-22-25(23-8-11-27-14(17)20-5-2)24-9-12-28-15(18)21-6-3/h4-12H2,1-3H3. The van der Waals surface area contributed by atoms with Gasteiger partial charge in [-0.15, -0.1) is 0 Å². The summed E-state index contributed by atoms with van der Waals surface area (Å²) < 4.78 is 31.0. The lowest BCUT2D eigenvalue weighted by Gasteiger charge is -2.16. The quantitative estimate of drug-likeness (QED) is 0.138. The lowest BCUT2D eigenvalue weighted by atomic mass is 10.9. The highest BCUT2D eigenvalue weighted by Crippen LogP contribution is 2.40. The fourth-order valence-corrected chi connectivity index (χ4v) is 4.22. The van der Waals surface area contributed by atoms with E-state index in [0.717, 1.165) is 35.3 Å². The Bertz CT molecular complexity index is 381.